The Bertz CT molecular complexity index is 30.7. The standard InChI is InChI=1S/2CHO2.Mg/c2*2-1-3;/h2*(H,2,3);/q2*-1;+2. The summed E-state index contributed by atoms with van der Waals surface area (Å²) in [4.78, 5) is 16.5. The van der Waals surface area contributed by atoms with E-state index < -0.39 is 0 Å². The van der Waals surface area contributed by atoms with Crippen molar-refractivity contribution in [2.75, 3.05) is 0 Å². The molecule has 0 fully saturated rings. The Morgan fingerprint density at radius 2 is 1.00 bits per heavy atom. The van der Waals surface area contributed by atoms with Crippen LogP contribution in [0, 0.1) is 0 Å². The Balaban J connectivity index is -0.0000000400. The van der Waals surface area contributed by atoms with Crippen molar-refractivity contribution < 1.29 is 19.8 Å². The van der Waals surface area contributed by atoms with Gasteiger partial charge in [-0.05, 0) is 0 Å². The minimum Gasteiger partial charge on any atom is -0.665 e. The van der Waals surface area contributed by atoms with Crippen LogP contribution in [0.1, 0.15) is 0 Å². The molecule has 4 nitrogen and oxygen atoms in total. The molecule has 0 radical (unpaired) electrons. The molecular formula is C2H2MgO4. The molecule has 0 rings (SSSR count). The first-order chi connectivity index (χ1) is 2.83. The molecule has 0 aliphatic carbocycles. The van der Waals surface area contributed by atoms with Gasteiger partial charge in [-0.25, -0.2) is 0 Å². The van der Waals surface area contributed by atoms with Crippen LogP contribution in [0.2, 0.25) is 0 Å². The van der Waals surface area contributed by atoms with Gasteiger partial charge in [0.1, 0.15) is 0 Å². The number of hydrogen-bond donors (Lipinski definition) is 2. The molecule has 2 N–H and O–H groups in total. The first kappa shape index (κ1) is 15.9. The van der Waals surface area contributed by atoms with Crippen LogP contribution in [0.4, 0.5) is 0 Å². The maximum Gasteiger partial charge on any atom is 2.00 e. The Morgan fingerprint density at radius 1 is 1.00 bits per heavy atom. The maximum absolute atomic E-state index is 8.24. The van der Waals surface area contributed by atoms with E-state index in [4.69, 9.17) is 19.8 Å². The van der Waals surface area contributed by atoms with Crippen molar-refractivity contribution in [3.8, 4) is 0 Å². The van der Waals surface area contributed by atoms with E-state index in [1.54, 1.807) is 0 Å². The topological polar surface area (TPSA) is 74.6 Å². The second-order valence-corrected chi connectivity index (χ2v) is 0.183. The smallest absolute Gasteiger partial charge is 0.665 e. The van der Waals surface area contributed by atoms with Crippen LogP contribution in [0.15, 0.2) is 0 Å². The summed E-state index contributed by atoms with van der Waals surface area (Å²) in [7, 11) is 0. The fourth-order valence-electron chi connectivity index (χ4n) is 0. The second kappa shape index (κ2) is 43.4. The van der Waals surface area contributed by atoms with Crippen molar-refractivity contribution >= 4 is 36.0 Å². The van der Waals surface area contributed by atoms with Crippen molar-refractivity contribution in [2.24, 2.45) is 0 Å². The fourth-order valence-corrected chi connectivity index (χ4v) is 0. The summed E-state index contributed by atoms with van der Waals surface area (Å²) in [5.41, 5.74) is 0. The molecule has 0 bridgehead atoms. The summed E-state index contributed by atoms with van der Waals surface area (Å²) in [6, 6.07) is 0. The maximum atomic E-state index is 8.24. The Hall–Kier alpha value is -0.294. The minimum atomic E-state index is 0. The van der Waals surface area contributed by atoms with Gasteiger partial charge in [0, 0.05) is 0 Å². The van der Waals surface area contributed by atoms with Crippen molar-refractivity contribution in [3.05, 3.63) is 0 Å². The summed E-state index contributed by atoms with van der Waals surface area (Å²) < 4.78 is 0. The van der Waals surface area contributed by atoms with Gasteiger partial charge in [-0.15, -0.1) is 0 Å². The first-order valence-electron chi connectivity index (χ1n) is 0.855. The van der Waals surface area contributed by atoms with Gasteiger partial charge in [-0.2, -0.15) is 0 Å². The van der Waals surface area contributed by atoms with Gasteiger partial charge in [0.05, 0.1) is 0 Å². The predicted molar refractivity (Wildman–Crippen MR) is 22.4 cm³/mol. The molecule has 0 saturated heterocycles. The molecule has 0 aliphatic rings. The number of rotatable bonds is 0. The molecular weight excluding hydrogens is 112 g/mol. The van der Waals surface area contributed by atoms with E-state index in [9.17, 15) is 0 Å². The molecule has 0 spiro atoms. The van der Waals surface area contributed by atoms with E-state index in [0.717, 1.165) is 0 Å². The normalized spacial score (nSPS) is 3.43. The van der Waals surface area contributed by atoms with Gasteiger partial charge in [0.15, 0.2) is 0 Å². The molecule has 0 atom stereocenters. The zero-order chi connectivity index (χ0) is 5.41. The van der Waals surface area contributed by atoms with Gasteiger partial charge < -0.3 is 19.8 Å². The van der Waals surface area contributed by atoms with Crippen molar-refractivity contribution in [1.29, 1.82) is 0 Å². The second-order valence-electron chi connectivity index (χ2n) is 0.183. The van der Waals surface area contributed by atoms with E-state index in [1.807, 2.05) is 0 Å². The third-order valence-corrected chi connectivity index (χ3v) is 0. The van der Waals surface area contributed by atoms with E-state index in [-0.39, 0.29) is 23.1 Å². The first-order valence-corrected chi connectivity index (χ1v) is 0.855. The third-order valence-electron chi connectivity index (χ3n) is 0. The fraction of sp³-hybridized carbons (Fsp3) is 0. The van der Waals surface area contributed by atoms with Crippen molar-refractivity contribution in [2.45, 2.75) is 0 Å². The average Bonchev–Trinajstić information content (AvgIpc) is 1.39. The van der Waals surface area contributed by atoms with E-state index in [1.165, 1.54) is 0 Å². The summed E-state index contributed by atoms with van der Waals surface area (Å²) in [5.74, 6) is 0. The van der Waals surface area contributed by atoms with Gasteiger partial charge in [0.25, 0.3) is 0 Å². The molecule has 0 aromatic carbocycles. The summed E-state index contributed by atoms with van der Waals surface area (Å²) in [6.45, 7) is 1.00. The Morgan fingerprint density at radius 3 is 1.00 bits per heavy atom. The van der Waals surface area contributed by atoms with E-state index >= 15 is 0 Å². The van der Waals surface area contributed by atoms with Crippen molar-refractivity contribution in [3.63, 3.8) is 0 Å². The van der Waals surface area contributed by atoms with E-state index in [2.05, 4.69) is 0 Å². The molecule has 0 amide bonds. The van der Waals surface area contributed by atoms with Crippen LogP contribution in [-0.4, -0.2) is 46.2 Å². The largest absolute Gasteiger partial charge is 2.00 e. The van der Waals surface area contributed by atoms with Gasteiger partial charge in [-0.3, -0.25) is 0 Å². The minimum absolute atomic E-state index is 0. The monoisotopic (exact) mass is 114 g/mol. The van der Waals surface area contributed by atoms with Gasteiger partial charge >= 0.3 is 23.1 Å². The molecule has 0 saturated carbocycles. The summed E-state index contributed by atoms with van der Waals surface area (Å²) >= 11 is 0. The molecule has 5 heteroatoms. The van der Waals surface area contributed by atoms with Crippen molar-refractivity contribution in [1.82, 2.24) is 0 Å². The Labute approximate surface area is 56.3 Å². The molecule has 0 unspecified atom stereocenters. The van der Waals surface area contributed by atoms with Gasteiger partial charge in [0.2, 0.25) is 0 Å². The molecule has 36 valence electrons. The molecule has 0 aromatic rings. The number of aliphatic hydroxyl groups excluding tert-OH is 2. The summed E-state index contributed by atoms with van der Waals surface area (Å²) in [6.07, 6.45) is 0. The zero-order valence-corrected chi connectivity index (χ0v) is 4.83. The molecule has 0 aromatic heterocycles. The van der Waals surface area contributed by atoms with Crippen LogP contribution >= 0.6 is 0 Å². The van der Waals surface area contributed by atoms with E-state index in [0.29, 0.717) is 12.9 Å². The van der Waals surface area contributed by atoms with Crippen LogP contribution in [0.3, 0.4) is 0 Å². The van der Waals surface area contributed by atoms with Crippen LogP contribution in [0.25, 0.3) is 0 Å². The van der Waals surface area contributed by atoms with Crippen LogP contribution in [0.5, 0.6) is 0 Å². The predicted octanol–water partition coefficient (Wildman–Crippen LogP) is -1.16. The molecule has 7 heavy (non-hydrogen) atoms. The van der Waals surface area contributed by atoms with Crippen LogP contribution in [-0.2, 0) is 9.59 Å². The molecule has 0 aliphatic heterocycles. The SMILES string of the molecule is O=[C-]O.O=[C-]O.[Mg+2]. The van der Waals surface area contributed by atoms with Gasteiger partial charge in [-0.1, -0.05) is 12.9 Å². The third kappa shape index (κ3) is 908. The summed E-state index contributed by atoms with van der Waals surface area (Å²) in [5, 5.41) is 13.5. The number of hydrogen-bond acceptors (Lipinski definition) is 2. The van der Waals surface area contributed by atoms with Crippen LogP contribution < -0.4 is 0 Å². The zero-order valence-electron chi connectivity index (χ0n) is 3.42. The average molecular weight is 114 g/mol. The quantitative estimate of drug-likeness (QED) is 0.308. The molecule has 0 heterocycles. The Kier molecular flexibility index (Phi) is 98.6.